The Morgan fingerprint density at radius 2 is 2.08 bits per heavy atom. The largest absolute Gasteiger partial charge is 0.399 e. The van der Waals surface area contributed by atoms with Crippen LogP contribution < -0.4 is 5.73 Å². The van der Waals surface area contributed by atoms with E-state index in [9.17, 15) is 0 Å². The molecule has 0 bridgehead atoms. The zero-order valence-corrected chi connectivity index (χ0v) is 6.78. The molecule has 0 spiro atoms. The van der Waals surface area contributed by atoms with Crippen LogP contribution in [0.4, 0.5) is 5.69 Å². The number of aryl methyl sites for hydroxylation is 1. The van der Waals surface area contributed by atoms with Crippen molar-refractivity contribution < 1.29 is 0 Å². The number of benzene rings is 1. The molecule has 0 radical (unpaired) electrons. The second-order valence-electron chi connectivity index (χ2n) is 2.74. The van der Waals surface area contributed by atoms with Crippen molar-refractivity contribution in [1.82, 2.24) is 9.97 Å². The van der Waals surface area contributed by atoms with Gasteiger partial charge in [-0.25, -0.2) is 9.97 Å². The monoisotopic (exact) mass is 159 g/mol. The van der Waals surface area contributed by atoms with Crippen molar-refractivity contribution in [3.05, 3.63) is 30.2 Å². The maximum absolute atomic E-state index is 5.64. The predicted octanol–water partition coefficient (Wildman–Crippen LogP) is 1.52. The van der Waals surface area contributed by atoms with Crippen LogP contribution in [-0.2, 0) is 0 Å². The van der Waals surface area contributed by atoms with E-state index in [1.165, 1.54) is 0 Å². The Labute approximate surface area is 70.3 Å². The number of nitrogens with two attached hydrogens (primary N) is 1. The Morgan fingerprint density at radius 1 is 1.25 bits per heavy atom. The predicted molar refractivity (Wildman–Crippen MR) is 48.7 cm³/mol. The molecule has 0 amide bonds. The van der Waals surface area contributed by atoms with Gasteiger partial charge in [0.25, 0.3) is 0 Å². The van der Waals surface area contributed by atoms with Crippen molar-refractivity contribution in [3.8, 4) is 0 Å². The summed E-state index contributed by atoms with van der Waals surface area (Å²) in [6, 6.07) is 5.64. The first kappa shape index (κ1) is 7.03. The number of rotatable bonds is 0. The summed E-state index contributed by atoms with van der Waals surface area (Å²) < 4.78 is 0. The number of aromatic nitrogens is 2. The van der Waals surface area contributed by atoms with Crippen LogP contribution in [0, 0.1) is 6.92 Å². The van der Waals surface area contributed by atoms with E-state index in [1.54, 1.807) is 6.33 Å². The second kappa shape index (κ2) is 2.44. The lowest BCUT2D eigenvalue weighted by Gasteiger charge is -2.00. The van der Waals surface area contributed by atoms with Gasteiger partial charge in [0.05, 0.1) is 5.52 Å². The van der Waals surface area contributed by atoms with Crippen LogP contribution in [0.15, 0.2) is 24.5 Å². The summed E-state index contributed by atoms with van der Waals surface area (Å²) in [5, 5.41) is 1.03. The van der Waals surface area contributed by atoms with Gasteiger partial charge in [0.2, 0.25) is 0 Å². The van der Waals surface area contributed by atoms with Crippen molar-refractivity contribution in [1.29, 1.82) is 0 Å². The average molecular weight is 159 g/mol. The molecule has 0 aliphatic rings. The molecule has 0 unspecified atom stereocenters. The number of nitrogens with zero attached hydrogens (tertiary/aromatic N) is 2. The van der Waals surface area contributed by atoms with E-state index in [-0.39, 0.29) is 0 Å². The third-order valence-electron chi connectivity index (χ3n) is 1.86. The molecule has 2 rings (SSSR count). The smallest absolute Gasteiger partial charge is 0.116 e. The van der Waals surface area contributed by atoms with Gasteiger partial charge in [-0.15, -0.1) is 0 Å². The van der Waals surface area contributed by atoms with E-state index in [4.69, 9.17) is 5.73 Å². The van der Waals surface area contributed by atoms with Crippen LogP contribution in [0.1, 0.15) is 5.69 Å². The minimum Gasteiger partial charge on any atom is -0.399 e. The second-order valence-corrected chi connectivity index (χ2v) is 2.74. The maximum atomic E-state index is 5.64. The molecule has 0 aliphatic carbocycles. The SMILES string of the molecule is Cc1ncnc2ccc(N)cc12. The molecule has 0 saturated heterocycles. The van der Waals surface area contributed by atoms with Crippen molar-refractivity contribution in [2.24, 2.45) is 0 Å². The van der Waals surface area contributed by atoms with E-state index in [1.807, 2.05) is 25.1 Å². The lowest BCUT2D eigenvalue weighted by molar-refractivity contribution is 1.15. The number of hydrogen-bond acceptors (Lipinski definition) is 3. The van der Waals surface area contributed by atoms with Gasteiger partial charge < -0.3 is 5.73 Å². The van der Waals surface area contributed by atoms with Crippen molar-refractivity contribution in [3.63, 3.8) is 0 Å². The van der Waals surface area contributed by atoms with Crippen LogP contribution in [0.5, 0.6) is 0 Å². The first-order valence-corrected chi connectivity index (χ1v) is 3.74. The van der Waals surface area contributed by atoms with Crippen LogP contribution in [0.3, 0.4) is 0 Å². The molecular weight excluding hydrogens is 150 g/mol. The van der Waals surface area contributed by atoms with Crippen LogP contribution >= 0.6 is 0 Å². The van der Waals surface area contributed by atoms with Gasteiger partial charge in [-0.2, -0.15) is 0 Å². The fourth-order valence-corrected chi connectivity index (χ4v) is 1.20. The highest BCUT2D eigenvalue weighted by Gasteiger charge is 1.97. The summed E-state index contributed by atoms with van der Waals surface area (Å²) in [5.41, 5.74) is 8.29. The zero-order valence-electron chi connectivity index (χ0n) is 6.78. The van der Waals surface area contributed by atoms with Crippen molar-refractivity contribution in [2.75, 3.05) is 5.73 Å². The Kier molecular flexibility index (Phi) is 1.43. The van der Waals surface area contributed by atoms with Crippen molar-refractivity contribution >= 4 is 16.6 Å². The van der Waals surface area contributed by atoms with Gasteiger partial charge in [0.1, 0.15) is 6.33 Å². The van der Waals surface area contributed by atoms with Gasteiger partial charge in [-0.3, -0.25) is 0 Å². The minimum atomic E-state index is 0.750. The number of hydrogen-bond donors (Lipinski definition) is 1. The minimum absolute atomic E-state index is 0.750. The molecule has 0 aliphatic heterocycles. The fourth-order valence-electron chi connectivity index (χ4n) is 1.20. The quantitative estimate of drug-likeness (QED) is 0.593. The highest BCUT2D eigenvalue weighted by molar-refractivity contribution is 5.83. The Morgan fingerprint density at radius 3 is 2.92 bits per heavy atom. The molecule has 1 heterocycles. The molecule has 3 nitrogen and oxygen atoms in total. The third-order valence-corrected chi connectivity index (χ3v) is 1.86. The van der Waals surface area contributed by atoms with E-state index >= 15 is 0 Å². The number of anilines is 1. The van der Waals surface area contributed by atoms with Gasteiger partial charge in [0.15, 0.2) is 0 Å². The van der Waals surface area contributed by atoms with Gasteiger partial charge in [0, 0.05) is 16.8 Å². The molecule has 0 fully saturated rings. The number of nitrogen functional groups attached to an aromatic ring is 1. The van der Waals surface area contributed by atoms with Crippen LogP contribution in [0.25, 0.3) is 10.9 Å². The van der Waals surface area contributed by atoms with E-state index in [0.717, 1.165) is 22.3 Å². The van der Waals surface area contributed by atoms with Gasteiger partial charge in [-0.1, -0.05) is 0 Å². The highest BCUT2D eigenvalue weighted by Crippen LogP contribution is 2.16. The molecule has 60 valence electrons. The zero-order chi connectivity index (χ0) is 8.55. The average Bonchev–Trinajstić information content (AvgIpc) is 2.07. The van der Waals surface area contributed by atoms with E-state index < -0.39 is 0 Å². The molecular formula is C9H9N3. The molecule has 0 atom stereocenters. The van der Waals surface area contributed by atoms with Gasteiger partial charge in [-0.05, 0) is 25.1 Å². The molecule has 2 N–H and O–H groups in total. The number of fused-ring (bicyclic) bond motifs is 1. The van der Waals surface area contributed by atoms with E-state index in [0.29, 0.717) is 0 Å². The Balaban J connectivity index is 2.88. The molecule has 12 heavy (non-hydrogen) atoms. The normalized spacial score (nSPS) is 10.4. The summed E-state index contributed by atoms with van der Waals surface area (Å²) in [5.74, 6) is 0. The lowest BCUT2D eigenvalue weighted by atomic mass is 10.2. The van der Waals surface area contributed by atoms with Crippen molar-refractivity contribution in [2.45, 2.75) is 6.92 Å². The summed E-state index contributed by atoms with van der Waals surface area (Å²) >= 11 is 0. The molecule has 2 aromatic rings. The standard InChI is InChI=1S/C9H9N3/c1-6-8-4-7(10)2-3-9(8)12-5-11-6/h2-5H,10H2,1H3. The first-order valence-electron chi connectivity index (χ1n) is 3.74. The molecule has 3 heteroatoms. The summed E-state index contributed by atoms with van der Waals surface area (Å²) in [4.78, 5) is 8.20. The Bertz CT molecular complexity index is 423. The fraction of sp³-hybridized carbons (Fsp3) is 0.111. The molecule has 1 aromatic heterocycles. The first-order chi connectivity index (χ1) is 5.77. The third kappa shape index (κ3) is 0.993. The van der Waals surface area contributed by atoms with Gasteiger partial charge >= 0.3 is 0 Å². The highest BCUT2D eigenvalue weighted by atomic mass is 14.8. The Hall–Kier alpha value is -1.64. The lowest BCUT2D eigenvalue weighted by Crippen LogP contribution is -1.89. The maximum Gasteiger partial charge on any atom is 0.116 e. The summed E-state index contributed by atoms with van der Waals surface area (Å²) in [7, 11) is 0. The topological polar surface area (TPSA) is 51.8 Å². The summed E-state index contributed by atoms with van der Waals surface area (Å²) in [6.07, 6.45) is 1.56. The summed E-state index contributed by atoms with van der Waals surface area (Å²) in [6.45, 7) is 1.95. The van der Waals surface area contributed by atoms with Crippen LogP contribution in [0.2, 0.25) is 0 Å². The molecule has 1 aromatic carbocycles. The molecule has 0 saturated carbocycles. The van der Waals surface area contributed by atoms with Crippen LogP contribution in [-0.4, -0.2) is 9.97 Å². The van der Waals surface area contributed by atoms with E-state index in [2.05, 4.69) is 9.97 Å².